The zero-order valence-electron chi connectivity index (χ0n) is 12.5. The first kappa shape index (κ1) is 15.9. The Morgan fingerprint density at radius 1 is 1.33 bits per heavy atom. The van der Waals surface area contributed by atoms with Gasteiger partial charge in [-0.05, 0) is 18.4 Å². The molecule has 3 amide bonds. The van der Waals surface area contributed by atoms with Crippen LogP contribution < -0.4 is 10.6 Å². The van der Waals surface area contributed by atoms with Crippen LogP contribution in [0.25, 0.3) is 0 Å². The van der Waals surface area contributed by atoms with E-state index in [2.05, 4.69) is 37.9 Å². The van der Waals surface area contributed by atoms with Gasteiger partial charge in [-0.3, -0.25) is 19.9 Å². The van der Waals surface area contributed by atoms with Crippen molar-refractivity contribution in [1.82, 2.24) is 20.4 Å². The molecular formula is C14H22N4O2S. The van der Waals surface area contributed by atoms with E-state index in [9.17, 15) is 9.59 Å². The van der Waals surface area contributed by atoms with Crippen LogP contribution in [-0.2, 0) is 11.3 Å². The second-order valence-corrected chi connectivity index (χ2v) is 6.17. The highest BCUT2D eigenvalue weighted by molar-refractivity contribution is 7.09. The van der Waals surface area contributed by atoms with Crippen molar-refractivity contribution in [1.29, 1.82) is 0 Å². The molecule has 1 aromatic rings. The number of amides is 3. The van der Waals surface area contributed by atoms with Gasteiger partial charge in [0.1, 0.15) is 0 Å². The van der Waals surface area contributed by atoms with Gasteiger partial charge < -0.3 is 5.32 Å². The third-order valence-electron chi connectivity index (χ3n) is 3.76. The Hall–Kier alpha value is -1.44. The number of hydrogen-bond donors (Lipinski definition) is 2. The molecule has 0 radical (unpaired) electrons. The summed E-state index contributed by atoms with van der Waals surface area (Å²) < 4.78 is 0. The number of hydrogen-bond acceptors (Lipinski definition) is 5. The summed E-state index contributed by atoms with van der Waals surface area (Å²) >= 11 is 1.77. The second kappa shape index (κ2) is 7.53. The number of carbonyl (C=O) groups is 2. The quantitative estimate of drug-likeness (QED) is 0.860. The molecule has 0 spiro atoms. The first-order chi connectivity index (χ1) is 10.1. The topological polar surface area (TPSA) is 64.7 Å². The lowest BCUT2D eigenvalue weighted by molar-refractivity contribution is -0.125. The summed E-state index contributed by atoms with van der Waals surface area (Å²) in [6, 6.07) is 3.48. The Bertz CT molecular complexity index is 469. The molecular weight excluding hydrogens is 288 g/mol. The number of imide groups is 1. The largest absolute Gasteiger partial charge is 0.341 e. The fraction of sp³-hybridized carbons (Fsp3) is 0.571. The molecule has 2 heterocycles. The fourth-order valence-electron chi connectivity index (χ4n) is 2.38. The lowest BCUT2D eigenvalue weighted by Crippen LogP contribution is -2.55. The van der Waals surface area contributed by atoms with Crippen molar-refractivity contribution in [2.24, 2.45) is 0 Å². The Morgan fingerprint density at radius 2 is 2.05 bits per heavy atom. The van der Waals surface area contributed by atoms with E-state index in [-0.39, 0.29) is 11.9 Å². The van der Waals surface area contributed by atoms with Crippen molar-refractivity contribution in [3.05, 3.63) is 22.4 Å². The average Bonchev–Trinajstić information content (AvgIpc) is 3.00. The molecule has 1 aromatic heterocycles. The van der Waals surface area contributed by atoms with Crippen LogP contribution in [-0.4, -0.2) is 61.0 Å². The minimum Gasteiger partial charge on any atom is -0.341 e. The molecule has 2 N–H and O–H groups in total. The van der Waals surface area contributed by atoms with E-state index >= 15 is 0 Å². The highest BCUT2D eigenvalue weighted by atomic mass is 32.1. The minimum atomic E-state index is -0.455. The zero-order valence-corrected chi connectivity index (χ0v) is 13.3. The normalized spacial score (nSPS) is 18.2. The fourth-order valence-corrected chi connectivity index (χ4v) is 3.12. The number of rotatable bonds is 4. The predicted octanol–water partition coefficient (Wildman–Crippen LogP) is 0.710. The van der Waals surface area contributed by atoms with Crippen molar-refractivity contribution in [3.63, 3.8) is 0 Å². The van der Waals surface area contributed by atoms with E-state index < -0.39 is 6.03 Å². The maximum atomic E-state index is 11.9. The zero-order chi connectivity index (χ0) is 15.2. The van der Waals surface area contributed by atoms with Crippen molar-refractivity contribution in [2.75, 3.05) is 33.2 Å². The molecule has 6 nitrogen and oxygen atoms in total. The van der Waals surface area contributed by atoms with Gasteiger partial charge in [0, 0.05) is 44.6 Å². The van der Waals surface area contributed by atoms with Gasteiger partial charge in [0.25, 0.3) is 0 Å². The lowest BCUT2D eigenvalue weighted by atomic mass is 10.2. The number of carbonyl (C=O) groups excluding carboxylic acids is 2. The van der Waals surface area contributed by atoms with E-state index in [1.165, 1.54) is 11.9 Å². The summed E-state index contributed by atoms with van der Waals surface area (Å²) in [5.41, 5.74) is 0. The number of nitrogens with one attached hydrogen (secondary N) is 2. The van der Waals surface area contributed by atoms with E-state index in [0.29, 0.717) is 0 Å². The van der Waals surface area contributed by atoms with E-state index in [4.69, 9.17) is 0 Å². The highest BCUT2D eigenvalue weighted by Gasteiger charge is 2.26. The molecule has 1 saturated heterocycles. The molecule has 0 unspecified atom stereocenters. The molecule has 1 fully saturated rings. The average molecular weight is 310 g/mol. The number of thiophene rings is 1. The van der Waals surface area contributed by atoms with Crippen molar-refractivity contribution in [2.45, 2.75) is 19.5 Å². The summed E-state index contributed by atoms with van der Waals surface area (Å²) in [5.74, 6) is -0.249. The van der Waals surface area contributed by atoms with Gasteiger partial charge in [-0.2, -0.15) is 0 Å². The second-order valence-electron chi connectivity index (χ2n) is 5.14. The standard InChI is InChI=1S/C14H22N4O2S/c1-11(13(19)16-14(20)15-2)18-7-5-17(6-8-18)10-12-4-3-9-21-12/h3-4,9,11H,5-8,10H2,1-2H3,(H2,15,16,19,20)/t11-/m1/s1. The minimum absolute atomic E-state index is 0.249. The SMILES string of the molecule is CNC(=O)NC(=O)[C@@H](C)N1CCN(Cc2cccs2)CC1. The van der Waals surface area contributed by atoms with Gasteiger partial charge in [0.2, 0.25) is 5.91 Å². The van der Waals surface area contributed by atoms with E-state index in [1.54, 1.807) is 11.3 Å². The number of urea groups is 1. The molecule has 7 heteroatoms. The summed E-state index contributed by atoms with van der Waals surface area (Å²) in [7, 11) is 1.50. The predicted molar refractivity (Wildman–Crippen MR) is 83.2 cm³/mol. The summed E-state index contributed by atoms with van der Waals surface area (Å²) in [5, 5.41) is 6.81. The van der Waals surface area contributed by atoms with E-state index in [0.717, 1.165) is 32.7 Å². The van der Waals surface area contributed by atoms with Crippen LogP contribution in [0.2, 0.25) is 0 Å². The lowest BCUT2D eigenvalue weighted by Gasteiger charge is -2.37. The van der Waals surface area contributed by atoms with E-state index in [1.807, 2.05) is 6.92 Å². The summed E-state index contributed by atoms with van der Waals surface area (Å²) in [6.07, 6.45) is 0. The van der Waals surface area contributed by atoms with Gasteiger partial charge in [0.15, 0.2) is 0 Å². The van der Waals surface area contributed by atoms with Crippen LogP contribution in [0.1, 0.15) is 11.8 Å². The van der Waals surface area contributed by atoms with Crippen molar-refractivity contribution >= 4 is 23.3 Å². The van der Waals surface area contributed by atoms with Gasteiger partial charge in [0.05, 0.1) is 6.04 Å². The van der Waals surface area contributed by atoms with Crippen molar-refractivity contribution < 1.29 is 9.59 Å². The van der Waals surface area contributed by atoms with Gasteiger partial charge in [-0.25, -0.2) is 4.79 Å². The van der Waals surface area contributed by atoms with Crippen LogP contribution in [0.3, 0.4) is 0 Å². The molecule has 0 aromatic carbocycles. The molecule has 116 valence electrons. The molecule has 1 aliphatic heterocycles. The summed E-state index contributed by atoms with van der Waals surface area (Å²) in [4.78, 5) is 29.0. The number of nitrogens with zero attached hydrogens (tertiary/aromatic N) is 2. The monoisotopic (exact) mass is 310 g/mol. The molecule has 21 heavy (non-hydrogen) atoms. The molecule has 2 rings (SSSR count). The molecule has 0 aliphatic carbocycles. The van der Waals surface area contributed by atoms with Crippen LogP contribution in [0.15, 0.2) is 17.5 Å². The maximum absolute atomic E-state index is 11.9. The van der Waals surface area contributed by atoms with Crippen LogP contribution in [0.5, 0.6) is 0 Å². The third kappa shape index (κ3) is 4.52. The van der Waals surface area contributed by atoms with Crippen LogP contribution in [0.4, 0.5) is 4.79 Å². The van der Waals surface area contributed by atoms with Crippen LogP contribution >= 0.6 is 11.3 Å². The van der Waals surface area contributed by atoms with Gasteiger partial charge >= 0.3 is 6.03 Å². The highest BCUT2D eigenvalue weighted by Crippen LogP contribution is 2.14. The Morgan fingerprint density at radius 3 is 2.62 bits per heavy atom. The first-order valence-corrected chi connectivity index (χ1v) is 7.99. The molecule has 1 atom stereocenters. The van der Waals surface area contributed by atoms with Crippen LogP contribution in [0, 0.1) is 0 Å². The molecule has 0 bridgehead atoms. The smallest absolute Gasteiger partial charge is 0.321 e. The summed E-state index contributed by atoms with van der Waals surface area (Å²) in [6.45, 7) is 6.38. The Balaban J connectivity index is 1.77. The number of piperazine rings is 1. The molecule has 0 saturated carbocycles. The van der Waals surface area contributed by atoms with Crippen molar-refractivity contribution in [3.8, 4) is 0 Å². The third-order valence-corrected chi connectivity index (χ3v) is 4.62. The first-order valence-electron chi connectivity index (χ1n) is 7.11. The Labute approximate surface area is 129 Å². The maximum Gasteiger partial charge on any atom is 0.321 e. The Kier molecular flexibility index (Phi) is 5.72. The van der Waals surface area contributed by atoms with Gasteiger partial charge in [-0.1, -0.05) is 6.07 Å². The molecule has 1 aliphatic rings. The van der Waals surface area contributed by atoms with Gasteiger partial charge in [-0.15, -0.1) is 11.3 Å².